The minimum absolute atomic E-state index is 0.144. The van der Waals surface area contributed by atoms with Crippen LogP contribution in [0.2, 0.25) is 5.02 Å². The Bertz CT molecular complexity index is 884. The molecule has 1 aliphatic heterocycles. The molecule has 0 spiro atoms. The number of amides is 1. The number of nitrogens with two attached hydrogens (primary N) is 1. The maximum atomic E-state index is 13.4. The van der Waals surface area contributed by atoms with Gasteiger partial charge in [0.1, 0.15) is 0 Å². The van der Waals surface area contributed by atoms with Crippen LogP contribution in [0.5, 0.6) is 0 Å². The number of nitrogens with zero attached hydrogens (tertiary/aromatic N) is 1. The molecule has 27 heavy (non-hydrogen) atoms. The van der Waals surface area contributed by atoms with Gasteiger partial charge >= 0.3 is 5.97 Å². The maximum Gasteiger partial charge on any atom is 0.338 e. The van der Waals surface area contributed by atoms with Gasteiger partial charge in [0.25, 0.3) is 5.91 Å². The second kappa shape index (κ2) is 7.98. The van der Waals surface area contributed by atoms with Gasteiger partial charge in [-0.2, -0.15) is 0 Å². The normalized spacial score (nSPS) is 16.4. The molecule has 3 rings (SSSR count). The van der Waals surface area contributed by atoms with Gasteiger partial charge in [0, 0.05) is 35.6 Å². The van der Waals surface area contributed by atoms with Gasteiger partial charge in [-0.1, -0.05) is 11.6 Å². The third kappa shape index (κ3) is 3.77. The fourth-order valence-electron chi connectivity index (χ4n) is 3.37. The Morgan fingerprint density at radius 1 is 1.15 bits per heavy atom. The molecule has 0 aliphatic carbocycles. The predicted molar refractivity (Wildman–Crippen MR) is 104 cm³/mol. The summed E-state index contributed by atoms with van der Waals surface area (Å²) in [4.78, 5) is 27.2. The van der Waals surface area contributed by atoms with Crippen LogP contribution in [0.3, 0.4) is 0 Å². The van der Waals surface area contributed by atoms with E-state index in [1.54, 1.807) is 30.2 Å². The molecule has 6 nitrogen and oxygen atoms in total. The summed E-state index contributed by atoms with van der Waals surface area (Å²) in [5.41, 5.74) is 8.14. The van der Waals surface area contributed by atoms with Crippen molar-refractivity contribution >= 4 is 34.9 Å². The highest BCUT2D eigenvalue weighted by Crippen LogP contribution is 2.37. The zero-order valence-corrected chi connectivity index (χ0v) is 16.0. The molecule has 7 heteroatoms. The van der Waals surface area contributed by atoms with Crippen LogP contribution in [0.1, 0.15) is 45.2 Å². The molecule has 0 saturated carbocycles. The number of hydrogen-bond donors (Lipinski definition) is 1. The fraction of sp³-hybridized carbons (Fsp3) is 0.300. The second-order valence-corrected chi connectivity index (χ2v) is 6.76. The van der Waals surface area contributed by atoms with Gasteiger partial charge in [-0.05, 0) is 49.2 Å². The van der Waals surface area contributed by atoms with E-state index < -0.39 is 5.97 Å². The van der Waals surface area contributed by atoms with Crippen LogP contribution >= 0.6 is 11.6 Å². The Kier molecular flexibility index (Phi) is 5.68. The van der Waals surface area contributed by atoms with Gasteiger partial charge in [0.15, 0.2) is 0 Å². The monoisotopic (exact) mass is 388 g/mol. The van der Waals surface area contributed by atoms with Gasteiger partial charge in [-0.25, -0.2) is 4.79 Å². The smallest absolute Gasteiger partial charge is 0.338 e. The molecule has 2 N–H and O–H groups in total. The van der Waals surface area contributed by atoms with Crippen molar-refractivity contribution < 1.29 is 19.1 Å². The van der Waals surface area contributed by atoms with Crippen molar-refractivity contribution in [2.45, 2.75) is 18.9 Å². The topological polar surface area (TPSA) is 81.9 Å². The van der Waals surface area contributed by atoms with E-state index in [4.69, 9.17) is 26.8 Å². The number of anilines is 2. The van der Waals surface area contributed by atoms with Crippen molar-refractivity contribution in [3.8, 4) is 0 Å². The number of nitrogen functional groups attached to an aromatic ring is 1. The standard InChI is InChI=1S/C20H21ClN2O4/c1-26-18-4-3-9-23(17-8-5-12(21)10-16(17)18)19(24)14-7-6-13(22)11-15(14)20(25)27-2/h5-8,10-11,18H,3-4,9,22H2,1-2H3. The van der Waals surface area contributed by atoms with E-state index >= 15 is 0 Å². The van der Waals surface area contributed by atoms with Crippen LogP contribution in [0.15, 0.2) is 36.4 Å². The van der Waals surface area contributed by atoms with Crippen LogP contribution in [-0.4, -0.2) is 32.6 Å². The summed E-state index contributed by atoms with van der Waals surface area (Å²) in [6.45, 7) is 0.498. The quantitative estimate of drug-likeness (QED) is 0.638. The van der Waals surface area contributed by atoms with E-state index in [0.29, 0.717) is 17.3 Å². The molecule has 1 amide bonds. The van der Waals surface area contributed by atoms with Gasteiger partial charge < -0.3 is 20.1 Å². The van der Waals surface area contributed by atoms with Crippen molar-refractivity contribution in [1.29, 1.82) is 0 Å². The number of esters is 1. The Morgan fingerprint density at radius 2 is 1.93 bits per heavy atom. The van der Waals surface area contributed by atoms with Crippen LogP contribution in [0.4, 0.5) is 11.4 Å². The molecular formula is C20H21ClN2O4. The van der Waals surface area contributed by atoms with Crippen molar-refractivity contribution in [3.05, 3.63) is 58.1 Å². The lowest BCUT2D eigenvalue weighted by Gasteiger charge is -2.25. The number of ether oxygens (including phenoxy) is 2. The average Bonchev–Trinajstić information content (AvgIpc) is 2.85. The van der Waals surface area contributed by atoms with E-state index in [2.05, 4.69) is 0 Å². The van der Waals surface area contributed by atoms with E-state index in [9.17, 15) is 9.59 Å². The van der Waals surface area contributed by atoms with Crippen molar-refractivity contribution in [3.63, 3.8) is 0 Å². The summed E-state index contributed by atoms with van der Waals surface area (Å²) in [5, 5.41) is 0.577. The lowest BCUT2D eigenvalue weighted by Crippen LogP contribution is -2.33. The van der Waals surface area contributed by atoms with Crippen LogP contribution in [-0.2, 0) is 9.47 Å². The molecule has 0 saturated heterocycles. The van der Waals surface area contributed by atoms with E-state index in [1.165, 1.54) is 13.2 Å². The zero-order chi connectivity index (χ0) is 19.6. The van der Waals surface area contributed by atoms with Gasteiger partial charge in [0.05, 0.1) is 24.3 Å². The summed E-state index contributed by atoms with van der Waals surface area (Å²) in [6.07, 6.45) is 1.36. The lowest BCUT2D eigenvalue weighted by molar-refractivity contribution is 0.0597. The number of rotatable bonds is 3. The number of carbonyl (C=O) groups is 2. The Labute approximate surface area is 162 Å². The second-order valence-electron chi connectivity index (χ2n) is 6.32. The number of carbonyl (C=O) groups excluding carboxylic acids is 2. The summed E-state index contributed by atoms with van der Waals surface area (Å²) >= 11 is 6.17. The molecule has 2 aromatic rings. The van der Waals surface area contributed by atoms with E-state index in [1.807, 2.05) is 12.1 Å². The fourth-order valence-corrected chi connectivity index (χ4v) is 3.55. The summed E-state index contributed by atoms with van der Waals surface area (Å²) < 4.78 is 10.4. The summed E-state index contributed by atoms with van der Waals surface area (Å²) in [6, 6.07) is 9.97. The highest BCUT2D eigenvalue weighted by atomic mass is 35.5. The number of hydrogen-bond acceptors (Lipinski definition) is 5. The molecule has 142 valence electrons. The molecule has 0 bridgehead atoms. The molecule has 0 fully saturated rings. The first-order chi connectivity index (χ1) is 13.0. The minimum atomic E-state index is -0.605. The first-order valence-electron chi connectivity index (χ1n) is 8.58. The SMILES string of the molecule is COC(=O)c1cc(N)ccc1C(=O)N1CCCC(OC)c2cc(Cl)ccc21. The number of benzene rings is 2. The Morgan fingerprint density at radius 3 is 2.63 bits per heavy atom. The Balaban J connectivity index is 2.09. The molecule has 1 aliphatic rings. The number of halogens is 1. The molecule has 2 aromatic carbocycles. The highest BCUT2D eigenvalue weighted by molar-refractivity contribution is 6.30. The third-order valence-electron chi connectivity index (χ3n) is 4.68. The van der Waals surface area contributed by atoms with Crippen molar-refractivity contribution in [1.82, 2.24) is 0 Å². The Hall–Kier alpha value is -2.57. The van der Waals surface area contributed by atoms with Crippen molar-refractivity contribution in [2.75, 3.05) is 31.4 Å². The third-order valence-corrected chi connectivity index (χ3v) is 4.92. The first-order valence-corrected chi connectivity index (χ1v) is 8.96. The number of methoxy groups -OCH3 is 2. The molecule has 1 heterocycles. The van der Waals surface area contributed by atoms with E-state index in [0.717, 1.165) is 24.1 Å². The summed E-state index contributed by atoms with van der Waals surface area (Å²) in [5.74, 6) is -0.901. The van der Waals surface area contributed by atoms with Crippen LogP contribution in [0, 0.1) is 0 Å². The maximum absolute atomic E-state index is 13.4. The van der Waals surface area contributed by atoms with Crippen LogP contribution < -0.4 is 10.6 Å². The number of fused-ring (bicyclic) bond motifs is 1. The van der Waals surface area contributed by atoms with Crippen molar-refractivity contribution in [2.24, 2.45) is 0 Å². The minimum Gasteiger partial charge on any atom is -0.465 e. The van der Waals surface area contributed by atoms with E-state index in [-0.39, 0.29) is 23.1 Å². The largest absolute Gasteiger partial charge is 0.465 e. The summed E-state index contributed by atoms with van der Waals surface area (Å²) in [7, 11) is 2.91. The molecule has 0 radical (unpaired) electrons. The van der Waals surface area contributed by atoms with Gasteiger partial charge in [-0.3, -0.25) is 4.79 Å². The molecule has 0 aromatic heterocycles. The van der Waals surface area contributed by atoms with Gasteiger partial charge in [-0.15, -0.1) is 0 Å². The first kappa shape index (κ1) is 19.2. The predicted octanol–water partition coefficient (Wildman–Crippen LogP) is 3.84. The highest BCUT2D eigenvalue weighted by Gasteiger charge is 2.29. The molecular weight excluding hydrogens is 368 g/mol. The molecule has 1 atom stereocenters. The van der Waals surface area contributed by atoms with Gasteiger partial charge in [0.2, 0.25) is 0 Å². The van der Waals surface area contributed by atoms with Crippen LogP contribution in [0.25, 0.3) is 0 Å². The average molecular weight is 389 g/mol. The lowest BCUT2D eigenvalue weighted by atomic mass is 10.0. The molecule has 1 unspecified atom stereocenters. The zero-order valence-electron chi connectivity index (χ0n) is 15.2.